The Bertz CT molecular complexity index is 809. The molecule has 0 aromatic heterocycles. The quantitative estimate of drug-likeness (QED) is 0.0259. The molecule has 59 heavy (non-hydrogen) atoms. The second-order valence-electron chi connectivity index (χ2n) is 18.7. The number of rotatable bonds is 40. The van der Waals surface area contributed by atoms with Crippen LogP contribution in [0.2, 0.25) is 11.1 Å². The van der Waals surface area contributed by atoms with Crippen molar-refractivity contribution in [1.82, 2.24) is 9.13 Å². The fourth-order valence-corrected chi connectivity index (χ4v) is 16.8. The van der Waals surface area contributed by atoms with Gasteiger partial charge in [0.05, 0.1) is 31.6 Å². The first kappa shape index (κ1) is 56.4. The Kier molecular flexibility index (Phi) is 41.2. The minimum Gasteiger partial charge on any atom is -0.355 e. The van der Waals surface area contributed by atoms with E-state index in [1.54, 1.807) is 0 Å². The summed E-state index contributed by atoms with van der Waals surface area (Å²) in [5, 5.41) is 0. The second kappa shape index (κ2) is 43.2. The summed E-state index contributed by atoms with van der Waals surface area (Å²) in [5.41, 5.74) is 1.77. The van der Waals surface area contributed by atoms with Gasteiger partial charge in [-0.25, -0.2) is 0 Å². The lowest BCUT2D eigenvalue weighted by Crippen LogP contribution is -2.37. The second-order valence-corrected chi connectivity index (χ2v) is 28.4. The number of hydrogen-bond donors (Lipinski definition) is 0. The van der Waals surface area contributed by atoms with Gasteiger partial charge in [0.15, 0.2) is 0 Å². The summed E-state index contributed by atoms with van der Waals surface area (Å²) in [6.07, 6.45) is 41.2. The largest absolute Gasteiger partial charge is 0.355 e. The maximum atomic E-state index is 6.26. The highest BCUT2D eigenvalue weighted by molar-refractivity contribution is 9.09. The van der Waals surface area contributed by atoms with Crippen LogP contribution in [0.4, 0.5) is 0 Å². The van der Waals surface area contributed by atoms with Crippen LogP contribution in [0.1, 0.15) is 220 Å². The Hall–Kier alpha value is 1.24. The smallest absolute Gasteiger partial charge is 0.147 e. The summed E-state index contributed by atoms with van der Waals surface area (Å²) in [6.45, 7) is 17.3. The zero-order valence-corrected chi connectivity index (χ0v) is 45.0. The lowest BCUT2D eigenvalue weighted by atomic mass is 10.1. The van der Waals surface area contributed by atoms with Crippen LogP contribution in [-0.2, 0) is 18.9 Å². The van der Waals surface area contributed by atoms with Gasteiger partial charge in [0.25, 0.3) is 0 Å². The normalized spacial score (nSPS) is 22.2. The van der Waals surface area contributed by atoms with Crippen molar-refractivity contribution < 1.29 is 18.9 Å². The van der Waals surface area contributed by atoms with Gasteiger partial charge in [0.2, 0.25) is 0 Å². The van der Waals surface area contributed by atoms with Crippen LogP contribution in [0.5, 0.6) is 0 Å². The van der Waals surface area contributed by atoms with Crippen molar-refractivity contribution in [3.05, 3.63) is 0 Å². The lowest BCUT2D eigenvalue weighted by molar-refractivity contribution is -0.0960. The molecule has 6 nitrogen and oxygen atoms in total. The average Bonchev–Trinajstić information content (AvgIpc) is 3.22. The van der Waals surface area contributed by atoms with Crippen LogP contribution < -0.4 is 0 Å². The van der Waals surface area contributed by atoms with Gasteiger partial charge >= 0.3 is 0 Å². The Morgan fingerprint density at radius 1 is 0.441 bits per heavy atom. The van der Waals surface area contributed by atoms with Crippen molar-refractivity contribution in [3.8, 4) is 0 Å². The number of unbranched alkanes of at least 4 members (excludes halogenated alkanes) is 20. The Morgan fingerprint density at radius 2 is 0.797 bits per heavy atom. The highest BCUT2D eigenvalue weighted by atomic mass is 33.5. The van der Waals surface area contributed by atoms with Crippen LogP contribution in [0, 0.1) is 0 Å². The van der Waals surface area contributed by atoms with Gasteiger partial charge in [-0.15, -0.1) is 0 Å². The van der Waals surface area contributed by atoms with Crippen molar-refractivity contribution >= 4 is 50.8 Å². The summed E-state index contributed by atoms with van der Waals surface area (Å²) in [5.74, 6) is 2.54. The lowest BCUT2D eigenvalue weighted by Gasteiger charge is -2.31. The molecular formula is C48H100N2O4S3Si2. The summed E-state index contributed by atoms with van der Waals surface area (Å²) in [6, 6.07) is 0. The predicted octanol–water partition coefficient (Wildman–Crippen LogP) is 13.9. The van der Waals surface area contributed by atoms with Crippen molar-refractivity contribution in [2.45, 2.75) is 244 Å². The molecule has 2 saturated heterocycles. The van der Waals surface area contributed by atoms with Crippen LogP contribution in [0.25, 0.3) is 0 Å². The van der Waals surface area contributed by atoms with Gasteiger partial charge < -0.3 is 28.1 Å². The highest BCUT2D eigenvalue weighted by Crippen LogP contribution is 2.35. The fraction of sp³-hybridized carbons (Fsp3) is 1.00. The molecule has 0 aromatic rings. The van der Waals surface area contributed by atoms with E-state index < -0.39 is 0 Å². The summed E-state index contributed by atoms with van der Waals surface area (Å²) >= 11 is 0. The monoisotopic (exact) mass is 921 g/mol. The van der Waals surface area contributed by atoms with E-state index in [2.05, 4.69) is 58.4 Å². The summed E-state index contributed by atoms with van der Waals surface area (Å²) in [7, 11) is 5.90. The molecule has 0 aromatic carbocycles. The Labute approximate surface area is 384 Å². The molecule has 0 saturated carbocycles. The van der Waals surface area contributed by atoms with E-state index in [-0.39, 0.29) is 19.4 Å². The van der Waals surface area contributed by atoms with Crippen molar-refractivity contribution in [3.63, 3.8) is 0 Å². The van der Waals surface area contributed by atoms with Crippen LogP contribution in [-0.4, -0.2) is 105 Å². The van der Waals surface area contributed by atoms with Gasteiger partial charge in [0.1, 0.15) is 13.6 Å². The zero-order chi connectivity index (χ0) is 42.1. The maximum Gasteiger partial charge on any atom is 0.147 e. The molecule has 11 heteroatoms. The average molecular weight is 922 g/mol. The van der Waals surface area contributed by atoms with Gasteiger partial charge in [-0.05, 0) is 111 Å². The standard InChI is InChI=1S/C48H100N2O4S3Si2/c1-5-7-9-11-13-15-17-19-21-23-25-39-51-43-53-47-31-29-45(3)58-49(37-33-47)35-27-41-55-57-56-42-28-36-50-38-34-48(32-30-46(4)59-50)54-44-52-40-26-24-22-20-18-16-14-12-10-8-6-2/h45-48H,5-44,58-59H2,1-4H3. The number of hydrogen-bond acceptors (Lipinski definition) is 9. The third-order valence-corrected chi connectivity index (χ3v) is 21.5. The third kappa shape index (κ3) is 36.2. The minimum absolute atomic E-state index is 0.157. The minimum atomic E-state index is -0.157. The molecule has 4 atom stereocenters. The number of ether oxygens (including phenoxy) is 4. The first-order valence-corrected chi connectivity index (χ1v) is 32.6. The van der Waals surface area contributed by atoms with Gasteiger partial charge in [-0.3, -0.25) is 0 Å². The zero-order valence-electron chi connectivity index (χ0n) is 39.8. The predicted molar refractivity (Wildman–Crippen MR) is 273 cm³/mol. The Morgan fingerprint density at radius 3 is 1.17 bits per heavy atom. The van der Waals surface area contributed by atoms with Crippen LogP contribution in [0.3, 0.4) is 0 Å². The highest BCUT2D eigenvalue weighted by Gasteiger charge is 2.21. The summed E-state index contributed by atoms with van der Waals surface area (Å²) in [4.78, 5) is 0. The molecule has 2 rings (SSSR count). The van der Waals surface area contributed by atoms with Crippen LogP contribution in [0.15, 0.2) is 0 Å². The molecule has 0 spiro atoms. The number of nitrogens with zero attached hydrogens (tertiary/aromatic N) is 2. The molecule has 0 aliphatic carbocycles. The molecule has 0 amide bonds. The molecule has 2 aliphatic rings. The van der Waals surface area contributed by atoms with E-state index in [1.807, 2.05) is 9.83 Å². The van der Waals surface area contributed by atoms with Gasteiger partial charge in [0, 0.05) is 24.7 Å². The molecule has 0 radical (unpaired) electrons. The molecule has 0 N–H and O–H groups in total. The third-order valence-electron chi connectivity index (χ3n) is 12.7. The van der Waals surface area contributed by atoms with Gasteiger partial charge in [-0.1, -0.05) is 178 Å². The van der Waals surface area contributed by atoms with Crippen molar-refractivity contribution in [1.29, 1.82) is 0 Å². The van der Waals surface area contributed by atoms with Crippen LogP contribution >= 0.6 is 31.4 Å². The molecule has 2 heterocycles. The van der Waals surface area contributed by atoms with E-state index in [1.165, 1.54) is 230 Å². The Balaban J connectivity index is 1.40. The topological polar surface area (TPSA) is 43.4 Å². The summed E-state index contributed by atoms with van der Waals surface area (Å²) < 4.78 is 30.0. The maximum absolute atomic E-state index is 6.26. The van der Waals surface area contributed by atoms with Crippen molar-refractivity contribution in [2.75, 3.05) is 64.5 Å². The van der Waals surface area contributed by atoms with E-state index in [9.17, 15) is 0 Å². The molecule has 2 fully saturated rings. The van der Waals surface area contributed by atoms with E-state index >= 15 is 0 Å². The first-order chi connectivity index (χ1) is 29.1. The van der Waals surface area contributed by atoms with E-state index in [4.69, 9.17) is 18.9 Å². The molecule has 4 unspecified atom stereocenters. The van der Waals surface area contributed by atoms with E-state index in [0.717, 1.165) is 24.3 Å². The molecule has 2 aliphatic heterocycles. The van der Waals surface area contributed by atoms with Crippen molar-refractivity contribution in [2.24, 2.45) is 0 Å². The fourth-order valence-electron chi connectivity index (χ4n) is 8.81. The molecule has 352 valence electrons. The molecular weight excluding hydrogens is 821 g/mol. The van der Waals surface area contributed by atoms with Gasteiger partial charge in [-0.2, -0.15) is 0 Å². The SMILES string of the molecule is CCCCCCCCCCCCCOCOC1CCC(C)[SiH2]N(CCCSSSCCCN2CCC(OCOCCCCCCCCCCCCC)CCC(C)[SiH2]2)CC1. The van der Waals surface area contributed by atoms with E-state index in [0.29, 0.717) is 25.8 Å². The molecule has 0 bridgehead atoms. The first-order valence-electron chi connectivity index (χ1n) is 25.8.